The van der Waals surface area contributed by atoms with E-state index in [1.807, 2.05) is 0 Å². The predicted octanol–water partition coefficient (Wildman–Crippen LogP) is 3.27. The van der Waals surface area contributed by atoms with Crippen molar-refractivity contribution >= 4 is 5.97 Å². The highest BCUT2D eigenvalue weighted by atomic mass is 19.4. The van der Waals surface area contributed by atoms with E-state index in [0.29, 0.717) is 5.56 Å². The van der Waals surface area contributed by atoms with Gasteiger partial charge < -0.3 is 9.15 Å². The average Bonchev–Trinajstić information content (AvgIpc) is 3.01. The molecule has 0 saturated carbocycles. The minimum Gasteiger partial charge on any atom is -0.459 e. The molecule has 0 radical (unpaired) electrons. The second-order valence-electron chi connectivity index (χ2n) is 5.51. The third kappa shape index (κ3) is 4.43. The Hall–Kier alpha value is -3.36. The van der Waals surface area contributed by atoms with Gasteiger partial charge in [-0.05, 0) is 18.2 Å². The number of nitrogens with zero attached hydrogens (tertiary/aromatic N) is 2. The highest BCUT2D eigenvalue weighted by Gasteiger charge is 2.33. The van der Waals surface area contributed by atoms with Gasteiger partial charge in [-0.3, -0.25) is 4.79 Å². The molecule has 0 N–H and O–H groups in total. The number of rotatable bonds is 5. The van der Waals surface area contributed by atoms with E-state index >= 15 is 0 Å². The quantitative estimate of drug-likeness (QED) is 0.637. The van der Waals surface area contributed by atoms with Gasteiger partial charge in [-0.25, -0.2) is 4.79 Å². The van der Waals surface area contributed by atoms with E-state index < -0.39 is 36.6 Å². The molecular formula is C18H13F3N2O4. The van der Waals surface area contributed by atoms with Gasteiger partial charge in [0.05, 0.1) is 5.56 Å². The molecule has 1 aromatic heterocycles. The Morgan fingerprint density at radius 1 is 1.07 bits per heavy atom. The van der Waals surface area contributed by atoms with Crippen LogP contribution in [0.3, 0.4) is 0 Å². The minimum atomic E-state index is -4.56. The van der Waals surface area contributed by atoms with Crippen LogP contribution in [0.1, 0.15) is 11.1 Å². The molecule has 0 amide bonds. The van der Waals surface area contributed by atoms with Crippen molar-refractivity contribution < 1.29 is 27.1 Å². The molecule has 2 aromatic carbocycles. The Balaban J connectivity index is 1.68. The van der Waals surface area contributed by atoms with Crippen molar-refractivity contribution in [2.45, 2.75) is 19.3 Å². The smallest absolute Gasteiger partial charge is 0.437 e. The molecule has 3 aromatic rings. The van der Waals surface area contributed by atoms with Crippen molar-refractivity contribution in [1.29, 1.82) is 0 Å². The SMILES string of the molecule is O=C(Cn1nc(-c2ccccc2)oc1=O)OCc1ccccc1C(F)(F)F. The topological polar surface area (TPSA) is 74.3 Å². The van der Waals surface area contributed by atoms with E-state index in [4.69, 9.17) is 9.15 Å². The summed E-state index contributed by atoms with van der Waals surface area (Å²) < 4.78 is 49.4. The predicted molar refractivity (Wildman–Crippen MR) is 87.4 cm³/mol. The second kappa shape index (κ2) is 7.48. The lowest BCUT2D eigenvalue weighted by Gasteiger charge is -2.12. The summed E-state index contributed by atoms with van der Waals surface area (Å²) in [5.41, 5.74) is -0.528. The third-order valence-corrected chi connectivity index (χ3v) is 3.62. The standard InChI is InChI=1S/C18H13F3N2O4/c19-18(20,21)14-9-5-4-8-13(14)11-26-15(24)10-23-17(25)27-16(22-23)12-6-2-1-3-7-12/h1-9H,10-11H2. The van der Waals surface area contributed by atoms with Crippen LogP contribution in [0.5, 0.6) is 0 Å². The van der Waals surface area contributed by atoms with Crippen LogP contribution >= 0.6 is 0 Å². The zero-order chi connectivity index (χ0) is 19.4. The van der Waals surface area contributed by atoms with Gasteiger partial charge in [-0.2, -0.15) is 17.9 Å². The summed E-state index contributed by atoms with van der Waals surface area (Å²) in [6.07, 6.45) is -4.56. The lowest BCUT2D eigenvalue weighted by atomic mass is 10.1. The van der Waals surface area contributed by atoms with Crippen molar-refractivity contribution in [2.75, 3.05) is 0 Å². The number of benzene rings is 2. The second-order valence-corrected chi connectivity index (χ2v) is 5.51. The number of hydrogen-bond donors (Lipinski definition) is 0. The van der Waals surface area contributed by atoms with Crippen LogP contribution in [0, 0.1) is 0 Å². The first kappa shape index (κ1) is 18.4. The first-order valence-corrected chi connectivity index (χ1v) is 7.78. The van der Waals surface area contributed by atoms with Crippen molar-refractivity contribution in [3.05, 3.63) is 76.3 Å². The lowest BCUT2D eigenvalue weighted by molar-refractivity contribution is -0.148. The van der Waals surface area contributed by atoms with E-state index in [0.717, 1.165) is 10.7 Å². The fourth-order valence-electron chi connectivity index (χ4n) is 2.35. The zero-order valence-electron chi connectivity index (χ0n) is 13.8. The van der Waals surface area contributed by atoms with Crippen molar-refractivity contribution in [3.63, 3.8) is 0 Å². The Morgan fingerprint density at radius 3 is 2.44 bits per heavy atom. The first-order chi connectivity index (χ1) is 12.8. The molecule has 0 bridgehead atoms. The van der Waals surface area contributed by atoms with E-state index in [1.165, 1.54) is 18.2 Å². The normalized spacial score (nSPS) is 11.4. The fourth-order valence-corrected chi connectivity index (χ4v) is 2.35. The van der Waals surface area contributed by atoms with Crippen LogP contribution in [0.15, 0.2) is 63.8 Å². The van der Waals surface area contributed by atoms with Crippen LogP contribution in [-0.4, -0.2) is 15.7 Å². The minimum absolute atomic E-state index is 0.0239. The summed E-state index contributed by atoms with van der Waals surface area (Å²) in [7, 11) is 0. The van der Waals surface area contributed by atoms with Gasteiger partial charge in [0.1, 0.15) is 13.2 Å². The summed E-state index contributed by atoms with van der Waals surface area (Å²) >= 11 is 0. The maximum atomic E-state index is 12.9. The molecule has 0 atom stereocenters. The number of hydrogen-bond acceptors (Lipinski definition) is 5. The Bertz CT molecular complexity index is 994. The van der Waals surface area contributed by atoms with Gasteiger partial charge in [0.15, 0.2) is 0 Å². The van der Waals surface area contributed by atoms with Gasteiger partial charge in [0, 0.05) is 11.1 Å². The molecule has 6 nitrogen and oxygen atoms in total. The number of alkyl halides is 3. The van der Waals surface area contributed by atoms with Crippen LogP contribution in [0.4, 0.5) is 13.2 Å². The zero-order valence-corrected chi connectivity index (χ0v) is 13.8. The van der Waals surface area contributed by atoms with Crippen molar-refractivity contribution in [1.82, 2.24) is 9.78 Å². The van der Waals surface area contributed by atoms with Crippen LogP contribution < -0.4 is 5.76 Å². The highest BCUT2D eigenvalue weighted by Crippen LogP contribution is 2.32. The molecule has 140 valence electrons. The van der Waals surface area contributed by atoms with Crippen molar-refractivity contribution in [2.24, 2.45) is 0 Å². The Labute approximate surface area is 150 Å². The van der Waals surface area contributed by atoms with Crippen LogP contribution in [-0.2, 0) is 28.9 Å². The maximum Gasteiger partial charge on any atom is 0.437 e. The first-order valence-electron chi connectivity index (χ1n) is 7.78. The van der Waals surface area contributed by atoms with Gasteiger partial charge >= 0.3 is 17.9 Å². The lowest BCUT2D eigenvalue weighted by Crippen LogP contribution is -2.23. The number of halogens is 3. The molecule has 0 unspecified atom stereocenters. The molecule has 0 saturated heterocycles. The molecule has 0 aliphatic heterocycles. The molecule has 0 aliphatic carbocycles. The van der Waals surface area contributed by atoms with E-state index in [9.17, 15) is 22.8 Å². The van der Waals surface area contributed by atoms with E-state index in [-0.39, 0.29) is 11.5 Å². The monoisotopic (exact) mass is 378 g/mol. The third-order valence-electron chi connectivity index (χ3n) is 3.62. The van der Waals surface area contributed by atoms with Crippen LogP contribution in [0.25, 0.3) is 11.5 Å². The Morgan fingerprint density at radius 2 is 1.74 bits per heavy atom. The summed E-state index contributed by atoms with van der Waals surface area (Å²) in [4.78, 5) is 23.7. The van der Waals surface area contributed by atoms with Crippen molar-refractivity contribution in [3.8, 4) is 11.5 Å². The number of carbonyl (C=O) groups excluding carboxylic acids is 1. The van der Waals surface area contributed by atoms with Crippen LogP contribution in [0.2, 0.25) is 0 Å². The number of aromatic nitrogens is 2. The Kier molecular flexibility index (Phi) is 5.11. The fraction of sp³-hybridized carbons (Fsp3) is 0.167. The molecule has 0 aliphatic rings. The highest BCUT2D eigenvalue weighted by molar-refractivity contribution is 5.69. The van der Waals surface area contributed by atoms with Gasteiger partial charge in [0.25, 0.3) is 0 Å². The van der Waals surface area contributed by atoms with Gasteiger partial charge in [0.2, 0.25) is 5.89 Å². The van der Waals surface area contributed by atoms with E-state index in [1.54, 1.807) is 30.3 Å². The maximum absolute atomic E-state index is 12.9. The molecule has 9 heteroatoms. The molecule has 27 heavy (non-hydrogen) atoms. The van der Waals surface area contributed by atoms with E-state index in [2.05, 4.69) is 5.10 Å². The number of carbonyl (C=O) groups is 1. The molecule has 3 rings (SSSR count). The molecule has 1 heterocycles. The largest absolute Gasteiger partial charge is 0.459 e. The average molecular weight is 378 g/mol. The molecular weight excluding hydrogens is 365 g/mol. The summed E-state index contributed by atoms with van der Waals surface area (Å²) in [6.45, 7) is -1.16. The summed E-state index contributed by atoms with van der Waals surface area (Å²) in [5.74, 6) is -1.76. The molecule has 0 spiro atoms. The number of ether oxygens (including phenoxy) is 1. The summed E-state index contributed by atoms with van der Waals surface area (Å²) in [5, 5.41) is 3.89. The van der Waals surface area contributed by atoms with Gasteiger partial charge in [-0.1, -0.05) is 36.4 Å². The summed E-state index contributed by atoms with van der Waals surface area (Å²) in [6, 6.07) is 13.3. The van der Waals surface area contributed by atoms with Gasteiger partial charge in [-0.15, -0.1) is 5.10 Å². The number of esters is 1. The molecule has 0 fully saturated rings.